The molecule has 6 heterocycles. The molecule has 0 bridgehead atoms. The molecule has 0 spiro atoms. The summed E-state index contributed by atoms with van der Waals surface area (Å²) >= 11 is 13.1. The van der Waals surface area contributed by atoms with Crippen LogP contribution in [0.15, 0.2) is 35.5 Å². The lowest BCUT2D eigenvalue weighted by molar-refractivity contribution is -0.137. The number of hydrogen-bond donors (Lipinski definition) is 3. The number of rotatable bonds is 6. The van der Waals surface area contributed by atoms with Crippen molar-refractivity contribution in [1.82, 2.24) is 25.1 Å². The number of alkyl halides is 4. The van der Waals surface area contributed by atoms with Crippen molar-refractivity contribution in [2.75, 3.05) is 37.8 Å². The molecule has 5 N–H and O–H groups in total. The minimum absolute atomic E-state index is 0.00786. The van der Waals surface area contributed by atoms with Crippen LogP contribution in [0.4, 0.5) is 33.6 Å². The van der Waals surface area contributed by atoms with E-state index in [-0.39, 0.29) is 65.8 Å². The fourth-order valence-corrected chi connectivity index (χ4v) is 7.84. The number of nitrogens with two attached hydrogens (primary N) is 2. The van der Waals surface area contributed by atoms with E-state index < -0.39 is 57.3 Å². The van der Waals surface area contributed by atoms with E-state index in [0.29, 0.717) is 23.6 Å². The summed E-state index contributed by atoms with van der Waals surface area (Å²) in [4.78, 5) is 16.2. The number of fused-ring (bicyclic) bond motifs is 1. The Balaban J connectivity index is 1.45. The summed E-state index contributed by atoms with van der Waals surface area (Å²) in [5.41, 5.74) is 9.03. The van der Waals surface area contributed by atoms with E-state index in [9.17, 15) is 17.6 Å². The van der Waals surface area contributed by atoms with E-state index in [1.807, 2.05) is 4.90 Å². The van der Waals surface area contributed by atoms with Crippen LogP contribution in [0.5, 0.6) is 5.75 Å². The quantitative estimate of drug-likeness (QED) is 0.295. The molecule has 3 aromatic rings. The number of ether oxygens (including phenoxy) is 2. The molecule has 3 atom stereocenters. The lowest BCUT2D eigenvalue weighted by Crippen LogP contribution is -2.45. The maximum absolute atomic E-state index is 17.0. The van der Waals surface area contributed by atoms with Crippen LogP contribution in [0.25, 0.3) is 17.1 Å². The zero-order chi connectivity index (χ0) is 35.0. The summed E-state index contributed by atoms with van der Waals surface area (Å²) in [6, 6.07) is 2.03. The fourth-order valence-electron chi connectivity index (χ4n) is 7.35. The summed E-state index contributed by atoms with van der Waals surface area (Å²) < 4.78 is 87.4. The first-order valence-corrected chi connectivity index (χ1v) is 16.2. The van der Waals surface area contributed by atoms with Gasteiger partial charge in [0.2, 0.25) is 0 Å². The molecule has 1 aromatic carbocycles. The Morgan fingerprint density at radius 2 is 2.02 bits per heavy atom. The van der Waals surface area contributed by atoms with Gasteiger partial charge in [0.1, 0.15) is 36.9 Å². The lowest BCUT2D eigenvalue weighted by Gasteiger charge is -2.33. The molecule has 4 aliphatic heterocycles. The first-order chi connectivity index (χ1) is 23.2. The maximum atomic E-state index is 17.0. The van der Waals surface area contributed by atoms with Crippen molar-refractivity contribution in [3.05, 3.63) is 73.6 Å². The normalized spacial score (nSPS) is 22.4. The van der Waals surface area contributed by atoms with Gasteiger partial charge in [-0.2, -0.15) is 13.2 Å². The van der Waals surface area contributed by atoms with Gasteiger partial charge in [0.15, 0.2) is 11.6 Å². The summed E-state index contributed by atoms with van der Waals surface area (Å²) in [7, 11) is 0. The van der Waals surface area contributed by atoms with Gasteiger partial charge in [-0.25, -0.2) is 18.7 Å². The number of nitrogens with one attached hydrogen (secondary N) is 1. The average molecular weight is 726 g/mol. The van der Waals surface area contributed by atoms with Gasteiger partial charge in [0.05, 0.1) is 55.2 Å². The minimum atomic E-state index is -4.94. The molecule has 2 fully saturated rings. The molecule has 0 radical (unpaired) electrons. The highest BCUT2D eigenvalue weighted by molar-refractivity contribution is 6.33. The number of hydrogen-bond acceptors (Lipinski definition) is 10. The van der Waals surface area contributed by atoms with Crippen LogP contribution in [0.2, 0.25) is 10.0 Å². The number of halogens is 7. The van der Waals surface area contributed by atoms with Gasteiger partial charge in [0, 0.05) is 24.7 Å². The van der Waals surface area contributed by atoms with E-state index in [4.69, 9.17) is 44.1 Å². The van der Waals surface area contributed by atoms with Crippen molar-refractivity contribution in [1.29, 1.82) is 0 Å². The molecule has 2 saturated heterocycles. The molecular weight excluding hydrogens is 694 g/mol. The number of benzene rings is 1. The van der Waals surface area contributed by atoms with E-state index >= 15 is 4.39 Å². The summed E-state index contributed by atoms with van der Waals surface area (Å²) in [6.07, 6.45) is -1.34. The van der Waals surface area contributed by atoms with Crippen molar-refractivity contribution < 1.29 is 31.4 Å². The number of nitrogen functional groups attached to an aromatic ring is 2. The summed E-state index contributed by atoms with van der Waals surface area (Å²) in [5.74, 6) is -1.83. The number of anilines is 2. The SMILES string of the molecule is Cc1cc(N)nc(-c2c(F)c3c4c(c2Cl)=NCNC=4N(C(C)c2cc(Cl)cnc2N)C=C(OC[C@@]24CCCN2C[C@H](F)C4)O3)c1C(F)(F)F. The summed E-state index contributed by atoms with van der Waals surface area (Å²) in [6.45, 7) is 3.87. The predicted octanol–water partition coefficient (Wildman–Crippen LogP) is 5.17. The molecule has 2 aromatic heterocycles. The van der Waals surface area contributed by atoms with Gasteiger partial charge >= 0.3 is 12.1 Å². The second-order valence-corrected chi connectivity index (χ2v) is 13.4. The Bertz CT molecular complexity index is 2030. The second kappa shape index (κ2) is 12.1. The lowest BCUT2D eigenvalue weighted by atomic mass is 9.95. The Labute approximate surface area is 287 Å². The molecule has 0 amide bonds. The number of aromatic nitrogens is 2. The van der Waals surface area contributed by atoms with Crippen molar-refractivity contribution in [2.45, 2.75) is 57.0 Å². The van der Waals surface area contributed by atoms with Gasteiger partial charge in [-0.3, -0.25) is 9.89 Å². The first-order valence-electron chi connectivity index (χ1n) is 15.5. The van der Waals surface area contributed by atoms with E-state index in [1.165, 1.54) is 19.3 Å². The van der Waals surface area contributed by atoms with Crippen molar-refractivity contribution in [3.8, 4) is 17.0 Å². The first kappa shape index (κ1) is 33.4. The van der Waals surface area contributed by atoms with Crippen LogP contribution in [0.1, 0.15) is 48.9 Å². The second-order valence-electron chi connectivity index (χ2n) is 12.6. The summed E-state index contributed by atoms with van der Waals surface area (Å²) in [5, 5.41) is 2.98. The van der Waals surface area contributed by atoms with Gasteiger partial charge in [0.25, 0.3) is 0 Å². The van der Waals surface area contributed by atoms with Crippen LogP contribution in [0.3, 0.4) is 0 Å². The van der Waals surface area contributed by atoms with Crippen LogP contribution in [-0.4, -0.2) is 57.8 Å². The topological polar surface area (TPSA) is 127 Å². The van der Waals surface area contributed by atoms with Crippen molar-refractivity contribution in [2.24, 2.45) is 4.99 Å². The van der Waals surface area contributed by atoms with E-state index in [0.717, 1.165) is 12.5 Å². The minimum Gasteiger partial charge on any atom is -0.462 e. The van der Waals surface area contributed by atoms with E-state index in [1.54, 1.807) is 17.9 Å². The Morgan fingerprint density at radius 1 is 1.24 bits per heavy atom. The largest absolute Gasteiger partial charge is 0.462 e. The highest BCUT2D eigenvalue weighted by Crippen LogP contribution is 2.44. The van der Waals surface area contributed by atoms with Crippen LogP contribution < -0.4 is 32.1 Å². The molecular formula is C32H31Cl2F5N8O2. The molecule has 260 valence electrons. The number of nitrogens with zero attached hydrogens (tertiary/aromatic N) is 5. The number of pyridine rings is 2. The third kappa shape index (κ3) is 5.65. The van der Waals surface area contributed by atoms with Crippen LogP contribution >= 0.6 is 23.2 Å². The van der Waals surface area contributed by atoms with Gasteiger partial charge in [-0.1, -0.05) is 23.2 Å². The third-order valence-electron chi connectivity index (χ3n) is 9.52. The molecule has 4 aliphatic rings. The van der Waals surface area contributed by atoms with Crippen LogP contribution in [-0.2, 0) is 10.9 Å². The highest BCUT2D eigenvalue weighted by atomic mass is 35.5. The third-order valence-corrected chi connectivity index (χ3v) is 10.1. The predicted molar refractivity (Wildman–Crippen MR) is 173 cm³/mol. The van der Waals surface area contributed by atoms with Crippen LogP contribution in [0, 0.1) is 12.7 Å². The van der Waals surface area contributed by atoms with Gasteiger partial charge in [-0.05, 0) is 50.9 Å². The fraction of sp³-hybridized carbons (Fsp3) is 0.406. The Kier molecular flexibility index (Phi) is 8.22. The molecule has 17 heteroatoms. The standard InChI is InChI=1S/C32H31Cl2F5N8O2/c1-14-6-19(40)45-26(23(14)32(37,38)39)21-24(34)27-22-28(25(21)36)49-20(48-12-31-4-3-5-46(31)10-17(35)8-31)11-47(30(22)44-13-43-27)15(2)18-7-16(33)9-42-29(18)41/h6-7,9,11,15,17,44H,3-5,8,10,12-13H2,1-2H3,(H2,40,45)(H2,41,42)/t15?,17-,31+/m1/s1. The van der Waals surface area contributed by atoms with Crippen molar-refractivity contribution >= 4 is 40.7 Å². The molecule has 1 unspecified atom stereocenters. The zero-order valence-corrected chi connectivity index (χ0v) is 27.8. The highest BCUT2D eigenvalue weighted by Gasteiger charge is 2.50. The molecule has 49 heavy (non-hydrogen) atoms. The maximum Gasteiger partial charge on any atom is 0.418 e. The molecule has 7 rings (SSSR count). The van der Waals surface area contributed by atoms with E-state index in [2.05, 4.69) is 20.3 Å². The molecule has 0 aliphatic carbocycles. The van der Waals surface area contributed by atoms with Gasteiger partial charge < -0.3 is 31.2 Å². The molecule has 0 saturated carbocycles. The zero-order valence-electron chi connectivity index (χ0n) is 26.3. The van der Waals surface area contributed by atoms with Crippen molar-refractivity contribution in [3.63, 3.8) is 0 Å². The molecule has 10 nitrogen and oxygen atoms in total. The monoisotopic (exact) mass is 724 g/mol. The Hall–Kier alpha value is -4.08. The van der Waals surface area contributed by atoms with Gasteiger partial charge in [-0.15, -0.1) is 0 Å². The number of aryl methyl sites for hydroxylation is 1. The smallest absolute Gasteiger partial charge is 0.418 e. The Morgan fingerprint density at radius 3 is 2.78 bits per heavy atom. The average Bonchev–Trinajstić information content (AvgIpc) is 3.49.